The molecule has 3 aromatic carbocycles. The number of carboxylic acid groups (broad SMARTS) is 1. The van der Waals surface area contributed by atoms with Gasteiger partial charge in [-0.05, 0) is 99.1 Å². The number of carbonyl (C=O) groups excluding carboxylic acids is 14. The summed E-state index contributed by atoms with van der Waals surface area (Å²) >= 11 is 0. The molecule has 4 aromatic rings. The van der Waals surface area contributed by atoms with Gasteiger partial charge in [-0.25, -0.2) is 4.98 Å². The zero-order valence-corrected chi connectivity index (χ0v) is 64.9. The minimum Gasteiger partial charge on any atom is -0.508 e. The Balaban J connectivity index is 1.40. The van der Waals surface area contributed by atoms with E-state index >= 15 is 4.79 Å². The molecule has 115 heavy (non-hydrogen) atoms. The average molecular weight is 1610 g/mol. The number of aromatic nitrogens is 2. The lowest BCUT2D eigenvalue weighted by atomic mass is 10.0. The van der Waals surface area contributed by atoms with Gasteiger partial charge in [-0.1, -0.05) is 106 Å². The van der Waals surface area contributed by atoms with Crippen LogP contribution in [0, 0.1) is 5.92 Å². The van der Waals surface area contributed by atoms with Crippen molar-refractivity contribution in [2.75, 3.05) is 39.4 Å². The van der Waals surface area contributed by atoms with Crippen molar-refractivity contribution >= 4 is 94.6 Å². The third-order valence-electron chi connectivity index (χ3n) is 18.6. The van der Waals surface area contributed by atoms with Gasteiger partial charge in [0, 0.05) is 58.3 Å². The summed E-state index contributed by atoms with van der Waals surface area (Å²) in [6, 6.07) is 4.60. The number of aliphatic hydroxyl groups is 2. The van der Waals surface area contributed by atoms with E-state index < -0.39 is 200 Å². The zero-order valence-electron chi connectivity index (χ0n) is 64.9. The highest BCUT2D eigenvalue weighted by atomic mass is 16.4. The molecule has 628 valence electrons. The van der Waals surface area contributed by atoms with E-state index in [2.05, 4.69) is 78.8 Å². The molecular formula is C76H110N20O19. The van der Waals surface area contributed by atoms with E-state index in [1.54, 1.807) is 81.4 Å². The van der Waals surface area contributed by atoms with Gasteiger partial charge in [-0.2, -0.15) is 0 Å². The molecule has 2 heterocycles. The first-order valence-corrected chi connectivity index (χ1v) is 38.0. The number of amides is 14. The number of aromatic hydroxyl groups is 1. The highest BCUT2D eigenvalue weighted by Gasteiger charge is 2.41. The zero-order chi connectivity index (χ0) is 84.7. The highest BCUT2D eigenvalue weighted by molar-refractivity contribution is 6.00. The van der Waals surface area contributed by atoms with Crippen LogP contribution in [0.3, 0.4) is 0 Å². The van der Waals surface area contributed by atoms with Crippen molar-refractivity contribution in [2.45, 2.75) is 203 Å². The van der Waals surface area contributed by atoms with E-state index in [1.165, 1.54) is 41.7 Å². The molecule has 0 bridgehead atoms. The number of guanidine groups is 1. The lowest BCUT2D eigenvalue weighted by Crippen LogP contribution is -2.61. The van der Waals surface area contributed by atoms with E-state index in [0.717, 1.165) is 6.92 Å². The molecule has 25 N–H and O–H groups in total. The first kappa shape index (κ1) is 93.5. The quantitative estimate of drug-likeness (QED) is 0.0112. The van der Waals surface area contributed by atoms with E-state index in [4.69, 9.17) is 22.9 Å². The van der Waals surface area contributed by atoms with E-state index in [9.17, 15) is 87.5 Å². The van der Waals surface area contributed by atoms with Gasteiger partial charge in [0.05, 0.1) is 31.8 Å². The van der Waals surface area contributed by atoms with Gasteiger partial charge in [0.25, 0.3) is 0 Å². The molecule has 14 amide bonds. The Morgan fingerprint density at radius 1 is 0.539 bits per heavy atom. The number of nitrogens with two attached hydrogens (primary N) is 4. The Labute approximate surface area is 664 Å². The Morgan fingerprint density at radius 2 is 0.991 bits per heavy atom. The summed E-state index contributed by atoms with van der Waals surface area (Å²) in [5.41, 5.74) is 24.3. The van der Waals surface area contributed by atoms with E-state index in [1.807, 2.05) is 0 Å². The van der Waals surface area contributed by atoms with Crippen LogP contribution in [0.1, 0.15) is 127 Å². The van der Waals surface area contributed by atoms with Crippen LogP contribution in [0.4, 0.5) is 0 Å². The number of rotatable bonds is 50. The first-order valence-electron chi connectivity index (χ1n) is 38.0. The van der Waals surface area contributed by atoms with Crippen molar-refractivity contribution in [2.24, 2.45) is 33.8 Å². The third-order valence-corrected chi connectivity index (χ3v) is 18.6. The number of aliphatic hydroxyl groups excluding tert-OH is 2. The minimum absolute atomic E-state index is 0.00197. The second-order valence-electron chi connectivity index (χ2n) is 28.1. The number of carbonyl (C=O) groups is 15. The molecule has 1 saturated heterocycles. The number of primary amides is 1. The number of aliphatic imine (C=N–C) groups is 1. The lowest BCUT2D eigenvalue weighted by molar-refractivity contribution is -0.142. The number of unbranched alkanes of at least 4 members (excludes halogenated alkanes) is 2. The predicted octanol–water partition coefficient (Wildman–Crippen LogP) is -4.79. The number of likely N-dealkylation sites (tertiary alicyclic amines) is 1. The van der Waals surface area contributed by atoms with Gasteiger partial charge in [0.1, 0.15) is 78.3 Å². The highest BCUT2D eigenvalue weighted by Crippen LogP contribution is 2.22. The molecule has 1 aliphatic rings. The van der Waals surface area contributed by atoms with Crippen LogP contribution in [0.15, 0.2) is 102 Å². The fourth-order valence-electron chi connectivity index (χ4n) is 12.4. The third kappa shape index (κ3) is 32.5. The van der Waals surface area contributed by atoms with Gasteiger partial charge in [-0.3, -0.25) is 76.9 Å². The smallest absolute Gasteiger partial charge is 0.303 e. The maximum Gasteiger partial charge on any atom is 0.303 e. The number of hydrogen-bond acceptors (Lipinski definition) is 21. The number of aliphatic carboxylic acids is 1. The van der Waals surface area contributed by atoms with Crippen LogP contribution in [-0.2, 0) is 97.6 Å². The molecule has 0 saturated carbocycles. The molecule has 39 heteroatoms. The van der Waals surface area contributed by atoms with Crippen molar-refractivity contribution < 1.29 is 92.3 Å². The Morgan fingerprint density at radius 3 is 1.45 bits per heavy atom. The Bertz CT molecular complexity index is 3930. The van der Waals surface area contributed by atoms with Gasteiger partial charge < -0.3 is 117 Å². The monoisotopic (exact) mass is 1610 g/mol. The number of imidazole rings is 1. The van der Waals surface area contributed by atoms with Crippen LogP contribution in [0.5, 0.6) is 5.75 Å². The topological polar surface area (TPSA) is 630 Å². The van der Waals surface area contributed by atoms with Crippen LogP contribution in [0.2, 0.25) is 0 Å². The number of H-pyrrole nitrogens is 1. The van der Waals surface area contributed by atoms with Crippen molar-refractivity contribution in [3.63, 3.8) is 0 Å². The van der Waals surface area contributed by atoms with Crippen LogP contribution in [-0.4, -0.2) is 242 Å². The summed E-state index contributed by atoms with van der Waals surface area (Å²) in [5.74, 6) is -14.9. The van der Waals surface area contributed by atoms with Gasteiger partial charge in [0.15, 0.2) is 5.96 Å². The van der Waals surface area contributed by atoms with E-state index in [0.29, 0.717) is 42.4 Å². The molecule has 0 spiro atoms. The fraction of sp³-hybridized carbons (Fsp3) is 0.513. The predicted molar refractivity (Wildman–Crippen MR) is 416 cm³/mol. The normalized spacial score (nSPS) is 15.2. The molecule has 0 unspecified atom stereocenters. The summed E-state index contributed by atoms with van der Waals surface area (Å²) < 4.78 is 0. The second kappa shape index (κ2) is 48.7. The molecule has 0 aliphatic carbocycles. The van der Waals surface area contributed by atoms with Crippen LogP contribution in [0.25, 0.3) is 0 Å². The molecular weight excluding hydrogens is 1500 g/mol. The number of nitrogens with zero attached hydrogens (tertiary/aromatic N) is 3. The molecule has 5 rings (SSSR count). The maximum atomic E-state index is 15.0. The molecule has 1 aliphatic heterocycles. The van der Waals surface area contributed by atoms with Crippen molar-refractivity contribution in [3.8, 4) is 5.75 Å². The van der Waals surface area contributed by atoms with Gasteiger partial charge in [0.2, 0.25) is 82.7 Å². The Kier molecular flexibility index (Phi) is 39.6. The number of hydrogen-bond donors (Lipinski definition) is 21. The second-order valence-corrected chi connectivity index (χ2v) is 28.1. The molecule has 39 nitrogen and oxygen atoms in total. The fourth-order valence-corrected chi connectivity index (χ4v) is 12.4. The summed E-state index contributed by atoms with van der Waals surface area (Å²) in [7, 11) is 0. The number of nitrogens with one attached hydrogen (secondary N) is 13. The molecule has 0 radical (unpaired) electrons. The first-order chi connectivity index (χ1) is 54.8. The van der Waals surface area contributed by atoms with Crippen LogP contribution >= 0.6 is 0 Å². The maximum absolute atomic E-state index is 15.0. The molecule has 1 aromatic heterocycles. The van der Waals surface area contributed by atoms with Gasteiger partial charge >= 0.3 is 5.97 Å². The molecule has 12 atom stereocenters. The average Bonchev–Trinajstić information content (AvgIpc) is 1.65. The number of phenols is 1. The summed E-state index contributed by atoms with van der Waals surface area (Å²) in [6.45, 7) is 3.92. The van der Waals surface area contributed by atoms with Gasteiger partial charge in [-0.15, -0.1) is 0 Å². The lowest BCUT2D eigenvalue weighted by Gasteiger charge is -2.30. The standard InChI is InChI=1S/C76H110N20O19/c1-5-6-21-50(88-73(113)59(41-98)94-70(110)56(36-47-25-27-49(100)28-26-47)92-72(112)58(40-97)85-44(4)99)66(106)89-52(29-30-62(102)103)68(108)93-57(37-48-38-81-42-84-48)71(111)87-51(23-15-32-82-76(79)80)67(107)91-55(35-46-19-11-8-12-20-46)69(109)90-54(34-45-17-9-7-10-18-45)65(105)83-39-61(101)86-53(22-13-14-31-77)75(115)96-33-16-24-60(96)74(114)95-63(43(2)3)64(78)104/h7-12,17-20,25-28,38,42-43,50-60,63,97-98,100H,5-6,13-16,21-24,29-37,39-41,77H2,1-4H3,(H2,78,104)(H,81,84)(H,83,105)(H,85,99)(H,86,101)(H,87,111)(H,88,113)(H,89,106)(H,90,109)(H,91,107)(H,92,112)(H,93,108)(H,94,110)(H,95,114)(H,102,103)(H4,79,80,82)/t50-,51-,52-,53-,54-,55+,56-,57-,58-,59-,60-,63-/m0/s1. The number of benzene rings is 3. The largest absolute Gasteiger partial charge is 0.508 e. The summed E-state index contributed by atoms with van der Waals surface area (Å²) in [6.07, 6.45) is 2.19. The SMILES string of the molecule is CCCC[C@H](NC(=O)[C@H](CO)NC(=O)[C@H](Cc1ccc(O)cc1)NC(=O)[C@H](CO)NC(C)=O)C(=O)N[C@@H](CCC(=O)O)C(=O)N[C@@H](Cc1c[nH]cn1)C(=O)N[C@@H](CCCN=C(N)N)C(=O)N[C@H](Cc1ccccc1)C(=O)N[C@@H](Cc1ccccc1)C(=O)NCC(=O)N[C@@H](CCCCN)C(=O)N1CCC[C@H]1C(=O)N[C@H](C(N)=O)C(C)C. The number of aromatic amines is 1. The number of carboxylic acids is 1. The minimum atomic E-state index is -1.83. The summed E-state index contributed by atoms with van der Waals surface area (Å²) in [5, 5.41) is 70.6. The number of phenolic OH excluding ortho intramolecular Hbond substituents is 1. The Hall–Kier alpha value is -12.1. The van der Waals surface area contributed by atoms with Crippen LogP contribution < -0.4 is 86.7 Å². The van der Waals surface area contributed by atoms with Crippen molar-refractivity contribution in [3.05, 3.63) is 120 Å². The van der Waals surface area contributed by atoms with Crippen molar-refractivity contribution in [1.29, 1.82) is 0 Å². The van der Waals surface area contributed by atoms with Crippen molar-refractivity contribution in [1.82, 2.24) is 78.7 Å². The molecule has 1 fully saturated rings. The van der Waals surface area contributed by atoms with E-state index in [-0.39, 0.29) is 101 Å². The summed E-state index contributed by atoms with van der Waals surface area (Å²) in [4.78, 5) is 220.